The number of hydrogen-bond acceptors (Lipinski definition) is 6. The molecule has 4 rings (SSSR count). The fraction of sp³-hybridized carbons (Fsp3) is 0.0455. The molecule has 0 fully saturated rings. The van der Waals surface area contributed by atoms with Crippen LogP contribution in [0.5, 0.6) is 0 Å². The van der Waals surface area contributed by atoms with E-state index >= 15 is 0 Å². The number of anilines is 1. The molecular weight excluding hydrogens is 446 g/mol. The van der Waals surface area contributed by atoms with Crippen LogP contribution >= 0.6 is 11.8 Å². The Morgan fingerprint density at radius 3 is 2.16 bits per heavy atom. The van der Waals surface area contributed by atoms with Crippen molar-refractivity contribution < 1.29 is 13.2 Å². The number of aromatic nitrogens is 3. The highest BCUT2D eigenvalue weighted by molar-refractivity contribution is 7.99. The lowest BCUT2D eigenvalue weighted by molar-refractivity contribution is -0.113. The summed E-state index contributed by atoms with van der Waals surface area (Å²) >= 11 is 1.25. The maximum absolute atomic E-state index is 12.5. The second-order valence-corrected chi connectivity index (χ2v) is 9.25. The van der Waals surface area contributed by atoms with Crippen LogP contribution in [0.2, 0.25) is 0 Å². The molecule has 162 valence electrons. The number of nitrogens with zero attached hydrogens (tertiary/aromatic N) is 3. The summed E-state index contributed by atoms with van der Waals surface area (Å²) in [5, 5.41) is 17.1. The predicted molar refractivity (Wildman–Crippen MR) is 124 cm³/mol. The van der Waals surface area contributed by atoms with Crippen LogP contribution in [0.4, 0.5) is 5.69 Å². The SMILES string of the molecule is NS(=O)(=O)c1ccc(NC(=O)CSc2nnc(-c3ccccc3)n2-c2ccccc2)cc1. The standard InChI is InChI=1S/C22H19N5O3S2/c23-32(29,30)19-13-11-17(12-14-19)24-20(28)15-31-22-26-25-21(16-7-3-1-4-8-16)27(22)18-9-5-2-6-10-18/h1-14H,15H2,(H,24,28)(H2,23,29,30). The van der Waals surface area contributed by atoms with E-state index in [1.807, 2.05) is 65.2 Å². The van der Waals surface area contributed by atoms with Crippen LogP contribution in [0.15, 0.2) is 95.0 Å². The number of primary sulfonamides is 1. The van der Waals surface area contributed by atoms with Gasteiger partial charge >= 0.3 is 0 Å². The van der Waals surface area contributed by atoms with E-state index in [-0.39, 0.29) is 16.6 Å². The molecular formula is C22H19N5O3S2. The molecule has 8 nitrogen and oxygen atoms in total. The molecule has 0 radical (unpaired) electrons. The van der Waals surface area contributed by atoms with Crippen LogP contribution < -0.4 is 10.5 Å². The Labute approximate surface area is 189 Å². The first-order chi connectivity index (χ1) is 15.4. The molecule has 0 saturated heterocycles. The van der Waals surface area contributed by atoms with E-state index in [2.05, 4.69) is 15.5 Å². The lowest BCUT2D eigenvalue weighted by atomic mass is 10.2. The van der Waals surface area contributed by atoms with Crippen molar-refractivity contribution in [3.05, 3.63) is 84.9 Å². The minimum atomic E-state index is -3.78. The summed E-state index contributed by atoms with van der Waals surface area (Å²) in [6.45, 7) is 0. The molecule has 0 aliphatic rings. The Bertz CT molecular complexity index is 1320. The van der Waals surface area contributed by atoms with E-state index in [0.29, 0.717) is 16.7 Å². The summed E-state index contributed by atoms with van der Waals surface area (Å²) < 4.78 is 24.6. The van der Waals surface area contributed by atoms with Gasteiger partial charge in [0.05, 0.1) is 10.6 Å². The Morgan fingerprint density at radius 1 is 0.906 bits per heavy atom. The molecule has 0 aliphatic heterocycles. The fourth-order valence-corrected chi connectivity index (χ4v) is 4.27. The highest BCUT2D eigenvalue weighted by Gasteiger charge is 2.17. The quantitative estimate of drug-likeness (QED) is 0.404. The van der Waals surface area contributed by atoms with Crippen molar-refractivity contribution in [3.63, 3.8) is 0 Å². The topological polar surface area (TPSA) is 120 Å². The maximum Gasteiger partial charge on any atom is 0.238 e. The van der Waals surface area contributed by atoms with Gasteiger partial charge in [0.1, 0.15) is 0 Å². The van der Waals surface area contributed by atoms with Gasteiger partial charge in [0.2, 0.25) is 15.9 Å². The maximum atomic E-state index is 12.5. The van der Waals surface area contributed by atoms with Gasteiger partial charge in [-0.25, -0.2) is 13.6 Å². The number of carbonyl (C=O) groups is 1. The normalized spacial score (nSPS) is 11.3. The number of hydrogen-bond donors (Lipinski definition) is 2. The van der Waals surface area contributed by atoms with Gasteiger partial charge in [-0.15, -0.1) is 10.2 Å². The van der Waals surface area contributed by atoms with Gasteiger partial charge in [0.15, 0.2) is 11.0 Å². The number of carbonyl (C=O) groups excluding carboxylic acids is 1. The van der Waals surface area contributed by atoms with E-state index in [1.54, 1.807) is 0 Å². The van der Waals surface area contributed by atoms with Gasteiger partial charge in [0, 0.05) is 16.9 Å². The lowest BCUT2D eigenvalue weighted by Gasteiger charge is -2.10. The Morgan fingerprint density at radius 2 is 1.53 bits per heavy atom. The second kappa shape index (κ2) is 9.35. The molecule has 0 atom stereocenters. The van der Waals surface area contributed by atoms with Gasteiger partial charge in [-0.1, -0.05) is 60.3 Å². The molecule has 4 aromatic rings. The third-order valence-electron chi connectivity index (χ3n) is 4.48. The van der Waals surface area contributed by atoms with Crippen LogP contribution in [0.3, 0.4) is 0 Å². The minimum absolute atomic E-state index is 0.0192. The third kappa shape index (κ3) is 5.05. The fourth-order valence-electron chi connectivity index (χ4n) is 3.00. The number of nitrogens with one attached hydrogen (secondary N) is 1. The van der Waals surface area contributed by atoms with Crippen molar-refractivity contribution in [2.24, 2.45) is 5.14 Å². The van der Waals surface area contributed by atoms with Crippen molar-refractivity contribution in [3.8, 4) is 17.1 Å². The van der Waals surface area contributed by atoms with E-state index < -0.39 is 10.0 Å². The smallest absolute Gasteiger partial charge is 0.238 e. The molecule has 3 aromatic carbocycles. The molecule has 0 spiro atoms. The molecule has 0 unspecified atom stereocenters. The van der Waals surface area contributed by atoms with E-state index in [4.69, 9.17) is 5.14 Å². The number of amides is 1. The number of thioether (sulfide) groups is 1. The summed E-state index contributed by atoms with van der Waals surface area (Å²) in [6.07, 6.45) is 0. The van der Waals surface area contributed by atoms with Crippen LogP contribution in [-0.2, 0) is 14.8 Å². The summed E-state index contributed by atoms with van der Waals surface area (Å²) in [5.41, 5.74) is 2.27. The number of rotatable bonds is 7. The third-order valence-corrected chi connectivity index (χ3v) is 6.34. The Hall–Kier alpha value is -3.47. The lowest BCUT2D eigenvalue weighted by Crippen LogP contribution is -2.15. The van der Waals surface area contributed by atoms with Crippen molar-refractivity contribution in [2.45, 2.75) is 10.1 Å². The molecule has 1 amide bonds. The average molecular weight is 466 g/mol. The number of nitrogens with two attached hydrogens (primary N) is 1. The summed E-state index contributed by atoms with van der Waals surface area (Å²) in [4.78, 5) is 12.4. The number of para-hydroxylation sites is 1. The molecule has 1 heterocycles. The zero-order chi connectivity index (χ0) is 22.6. The summed E-state index contributed by atoms with van der Waals surface area (Å²) in [7, 11) is -3.78. The van der Waals surface area contributed by atoms with Crippen molar-refractivity contribution in [2.75, 3.05) is 11.1 Å². The van der Waals surface area contributed by atoms with Crippen molar-refractivity contribution in [1.82, 2.24) is 14.8 Å². The monoisotopic (exact) mass is 465 g/mol. The van der Waals surface area contributed by atoms with Gasteiger partial charge in [0.25, 0.3) is 0 Å². The summed E-state index contributed by atoms with van der Waals surface area (Å²) in [6, 6.07) is 25.1. The minimum Gasteiger partial charge on any atom is -0.325 e. The first kappa shape index (κ1) is 21.8. The van der Waals surface area contributed by atoms with Crippen molar-refractivity contribution in [1.29, 1.82) is 0 Å². The van der Waals surface area contributed by atoms with E-state index in [1.165, 1.54) is 36.0 Å². The van der Waals surface area contributed by atoms with Gasteiger partial charge < -0.3 is 5.32 Å². The highest BCUT2D eigenvalue weighted by atomic mass is 32.2. The molecule has 3 N–H and O–H groups in total. The Balaban J connectivity index is 1.52. The summed E-state index contributed by atoms with van der Waals surface area (Å²) in [5.74, 6) is 0.511. The molecule has 0 bridgehead atoms. The predicted octanol–water partition coefficient (Wildman–Crippen LogP) is 3.31. The Kier molecular flexibility index (Phi) is 6.35. The molecule has 32 heavy (non-hydrogen) atoms. The zero-order valence-corrected chi connectivity index (χ0v) is 18.4. The molecule has 1 aromatic heterocycles. The number of sulfonamides is 1. The highest BCUT2D eigenvalue weighted by Crippen LogP contribution is 2.28. The van der Waals surface area contributed by atoms with Crippen LogP contribution in [0, 0.1) is 0 Å². The largest absolute Gasteiger partial charge is 0.325 e. The van der Waals surface area contributed by atoms with E-state index in [0.717, 1.165) is 11.3 Å². The van der Waals surface area contributed by atoms with Crippen LogP contribution in [0.1, 0.15) is 0 Å². The van der Waals surface area contributed by atoms with Crippen LogP contribution in [0.25, 0.3) is 17.1 Å². The second-order valence-electron chi connectivity index (χ2n) is 6.75. The first-order valence-corrected chi connectivity index (χ1v) is 12.1. The molecule has 0 aliphatic carbocycles. The van der Waals surface area contributed by atoms with E-state index in [9.17, 15) is 13.2 Å². The van der Waals surface area contributed by atoms with Gasteiger partial charge in [-0.05, 0) is 36.4 Å². The van der Waals surface area contributed by atoms with Crippen molar-refractivity contribution >= 4 is 33.4 Å². The molecule has 10 heteroatoms. The van der Waals surface area contributed by atoms with Crippen LogP contribution in [-0.4, -0.2) is 34.8 Å². The zero-order valence-electron chi connectivity index (χ0n) is 16.8. The first-order valence-electron chi connectivity index (χ1n) is 9.53. The molecule has 0 saturated carbocycles. The van der Waals surface area contributed by atoms with Gasteiger partial charge in [-0.3, -0.25) is 9.36 Å². The number of benzene rings is 3. The van der Waals surface area contributed by atoms with Gasteiger partial charge in [-0.2, -0.15) is 0 Å². The average Bonchev–Trinajstić information content (AvgIpc) is 3.23.